The molecule has 134 valence electrons. The predicted octanol–water partition coefficient (Wildman–Crippen LogP) is 3.42. The summed E-state index contributed by atoms with van der Waals surface area (Å²) >= 11 is 0. The molecule has 0 bridgehead atoms. The molecule has 6 heteroatoms. The molecule has 0 N–H and O–H groups in total. The summed E-state index contributed by atoms with van der Waals surface area (Å²) in [4.78, 5) is 14.1. The first-order valence-electron chi connectivity index (χ1n) is 8.34. The molecule has 1 aliphatic heterocycles. The predicted molar refractivity (Wildman–Crippen MR) is 93.8 cm³/mol. The Labute approximate surface area is 144 Å². The maximum atomic E-state index is 12.5. The van der Waals surface area contributed by atoms with E-state index in [1.807, 2.05) is 39.8 Å². The lowest BCUT2D eigenvalue weighted by atomic mass is 9.99. The second-order valence-electron chi connectivity index (χ2n) is 7.51. The fourth-order valence-electron chi connectivity index (χ4n) is 2.76. The molecule has 0 spiro atoms. The molecule has 1 aromatic rings. The van der Waals surface area contributed by atoms with E-state index in [4.69, 9.17) is 4.74 Å². The number of carbonyl (C=O) groups is 1. The maximum absolute atomic E-state index is 12.5. The summed E-state index contributed by atoms with van der Waals surface area (Å²) < 4.78 is 30.4. The topological polar surface area (TPSA) is 63.7 Å². The second-order valence-corrected chi connectivity index (χ2v) is 9.54. The van der Waals surface area contributed by atoms with Gasteiger partial charge in [0.2, 0.25) is 0 Å². The van der Waals surface area contributed by atoms with Crippen molar-refractivity contribution < 1.29 is 17.9 Å². The molecule has 1 aliphatic rings. The molecular formula is C18H27NO4S. The van der Waals surface area contributed by atoms with Gasteiger partial charge in [-0.1, -0.05) is 17.7 Å². The van der Waals surface area contributed by atoms with Gasteiger partial charge < -0.3 is 9.64 Å². The molecule has 1 heterocycles. The summed E-state index contributed by atoms with van der Waals surface area (Å²) in [5, 5.41) is 0. The van der Waals surface area contributed by atoms with Crippen LogP contribution in [0.5, 0.6) is 0 Å². The number of piperidine rings is 1. The largest absolute Gasteiger partial charge is 0.444 e. The molecule has 0 saturated carbocycles. The van der Waals surface area contributed by atoms with E-state index < -0.39 is 15.4 Å². The minimum absolute atomic E-state index is 0.0787. The number of ether oxygens (including phenoxy) is 1. The van der Waals surface area contributed by atoms with Crippen LogP contribution in [-0.2, 0) is 14.6 Å². The van der Waals surface area contributed by atoms with Crippen LogP contribution in [0.15, 0.2) is 29.2 Å². The number of nitrogens with zero attached hydrogens (tertiary/aromatic N) is 1. The Kier molecular flexibility index (Phi) is 5.58. The molecule has 1 amide bonds. The van der Waals surface area contributed by atoms with Crippen molar-refractivity contribution >= 4 is 15.9 Å². The third-order valence-corrected chi connectivity index (χ3v) is 6.00. The van der Waals surface area contributed by atoms with Gasteiger partial charge in [-0.2, -0.15) is 0 Å². The van der Waals surface area contributed by atoms with E-state index in [2.05, 4.69) is 0 Å². The number of carbonyl (C=O) groups excluding carboxylic acids is 1. The van der Waals surface area contributed by atoms with E-state index in [1.165, 1.54) is 0 Å². The maximum Gasteiger partial charge on any atom is 0.410 e. The van der Waals surface area contributed by atoms with Gasteiger partial charge in [-0.15, -0.1) is 0 Å². The fraction of sp³-hybridized carbons (Fsp3) is 0.611. The van der Waals surface area contributed by atoms with E-state index in [9.17, 15) is 13.2 Å². The fourth-order valence-corrected chi connectivity index (χ4v) is 4.46. The first kappa shape index (κ1) is 18.8. The number of rotatable bonds is 3. The van der Waals surface area contributed by atoms with Crippen molar-refractivity contribution in [1.82, 2.24) is 4.90 Å². The lowest BCUT2D eigenvalue weighted by Gasteiger charge is -2.33. The summed E-state index contributed by atoms with van der Waals surface area (Å²) in [5.41, 5.74) is 0.530. The molecule has 24 heavy (non-hydrogen) atoms. The highest BCUT2D eigenvalue weighted by Crippen LogP contribution is 2.24. The Hall–Kier alpha value is -1.56. The molecule has 1 saturated heterocycles. The zero-order chi connectivity index (χ0) is 18.0. The lowest BCUT2D eigenvalue weighted by molar-refractivity contribution is 0.0191. The van der Waals surface area contributed by atoms with Crippen molar-refractivity contribution in [2.24, 2.45) is 5.92 Å². The molecule has 0 radical (unpaired) electrons. The van der Waals surface area contributed by atoms with E-state index in [-0.39, 0.29) is 17.8 Å². The smallest absolute Gasteiger partial charge is 0.410 e. The molecule has 5 nitrogen and oxygen atoms in total. The van der Waals surface area contributed by atoms with Crippen molar-refractivity contribution in [3.63, 3.8) is 0 Å². The number of hydrogen-bond acceptors (Lipinski definition) is 4. The number of aryl methyl sites for hydroxylation is 1. The Morgan fingerprint density at radius 1 is 1.17 bits per heavy atom. The molecule has 2 rings (SSSR count). The third-order valence-electron chi connectivity index (χ3n) is 4.10. The van der Waals surface area contributed by atoms with Gasteiger partial charge in [-0.05, 0) is 58.6 Å². The first-order chi connectivity index (χ1) is 11.1. The van der Waals surface area contributed by atoms with Gasteiger partial charge in [0.25, 0.3) is 0 Å². The zero-order valence-corrected chi connectivity index (χ0v) is 15.7. The van der Waals surface area contributed by atoms with Crippen LogP contribution in [0.4, 0.5) is 4.79 Å². The van der Waals surface area contributed by atoms with Gasteiger partial charge >= 0.3 is 6.09 Å². The molecule has 1 aromatic carbocycles. The molecule has 0 atom stereocenters. The lowest BCUT2D eigenvalue weighted by Crippen LogP contribution is -2.42. The number of benzene rings is 1. The molecule has 1 fully saturated rings. The van der Waals surface area contributed by atoms with Crippen molar-refractivity contribution in [1.29, 1.82) is 0 Å². The van der Waals surface area contributed by atoms with Crippen LogP contribution >= 0.6 is 0 Å². The minimum atomic E-state index is -3.28. The summed E-state index contributed by atoms with van der Waals surface area (Å²) in [5.74, 6) is 0.216. The van der Waals surface area contributed by atoms with Gasteiger partial charge in [0.05, 0.1) is 10.6 Å². The average Bonchev–Trinajstić information content (AvgIpc) is 2.46. The molecule has 0 aliphatic carbocycles. The van der Waals surface area contributed by atoms with E-state index >= 15 is 0 Å². The van der Waals surface area contributed by atoms with Crippen LogP contribution in [-0.4, -0.2) is 43.9 Å². The minimum Gasteiger partial charge on any atom is -0.444 e. The van der Waals surface area contributed by atoms with Crippen molar-refractivity contribution in [3.8, 4) is 0 Å². The Morgan fingerprint density at radius 3 is 2.21 bits per heavy atom. The van der Waals surface area contributed by atoms with Crippen LogP contribution in [0.25, 0.3) is 0 Å². The van der Waals surface area contributed by atoms with Crippen LogP contribution < -0.4 is 0 Å². The summed E-state index contributed by atoms with van der Waals surface area (Å²) in [6.45, 7) is 8.54. The van der Waals surface area contributed by atoms with Crippen molar-refractivity contribution in [2.75, 3.05) is 18.8 Å². The Morgan fingerprint density at radius 2 is 1.71 bits per heavy atom. The van der Waals surface area contributed by atoms with Crippen LogP contribution in [0.1, 0.15) is 39.2 Å². The van der Waals surface area contributed by atoms with Crippen molar-refractivity contribution in [2.45, 2.75) is 51.0 Å². The van der Waals surface area contributed by atoms with Crippen molar-refractivity contribution in [3.05, 3.63) is 29.8 Å². The Bertz CT molecular complexity index is 666. The summed E-state index contributed by atoms with van der Waals surface area (Å²) in [6.07, 6.45) is 1.05. The van der Waals surface area contributed by atoms with Gasteiger partial charge in [-0.25, -0.2) is 13.2 Å². The SMILES string of the molecule is Cc1ccc(S(=O)(=O)CC2CCN(C(=O)OC(C)(C)C)CC2)cc1. The highest BCUT2D eigenvalue weighted by atomic mass is 32.2. The summed E-state index contributed by atoms with van der Waals surface area (Å²) in [6, 6.07) is 6.97. The van der Waals surface area contributed by atoms with Crippen LogP contribution in [0.3, 0.4) is 0 Å². The van der Waals surface area contributed by atoms with E-state index in [0.29, 0.717) is 30.8 Å². The third kappa shape index (κ3) is 5.23. The highest BCUT2D eigenvalue weighted by Gasteiger charge is 2.29. The zero-order valence-electron chi connectivity index (χ0n) is 14.9. The highest BCUT2D eigenvalue weighted by molar-refractivity contribution is 7.91. The Balaban J connectivity index is 1.91. The van der Waals surface area contributed by atoms with Crippen LogP contribution in [0, 0.1) is 12.8 Å². The quantitative estimate of drug-likeness (QED) is 0.835. The van der Waals surface area contributed by atoms with Gasteiger partial charge in [0, 0.05) is 13.1 Å². The second kappa shape index (κ2) is 7.13. The first-order valence-corrected chi connectivity index (χ1v) is 9.99. The molecule has 0 unspecified atom stereocenters. The number of amides is 1. The molecular weight excluding hydrogens is 326 g/mol. The normalized spacial score (nSPS) is 16.9. The van der Waals surface area contributed by atoms with E-state index in [1.54, 1.807) is 17.0 Å². The summed E-state index contributed by atoms with van der Waals surface area (Å²) in [7, 11) is -3.28. The number of likely N-dealkylation sites (tertiary alicyclic amines) is 1. The monoisotopic (exact) mass is 353 g/mol. The average molecular weight is 353 g/mol. The van der Waals surface area contributed by atoms with Gasteiger partial charge in [-0.3, -0.25) is 0 Å². The van der Waals surface area contributed by atoms with Gasteiger partial charge in [0.15, 0.2) is 9.84 Å². The van der Waals surface area contributed by atoms with Gasteiger partial charge in [0.1, 0.15) is 5.60 Å². The number of sulfone groups is 1. The van der Waals surface area contributed by atoms with E-state index in [0.717, 1.165) is 5.56 Å². The number of hydrogen-bond donors (Lipinski definition) is 0. The standard InChI is InChI=1S/C18H27NO4S/c1-14-5-7-16(8-6-14)24(21,22)13-15-9-11-19(12-10-15)17(20)23-18(2,3)4/h5-8,15H,9-13H2,1-4H3. The van der Waals surface area contributed by atoms with Crippen LogP contribution in [0.2, 0.25) is 0 Å². The molecule has 0 aromatic heterocycles.